The van der Waals surface area contributed by atoms with Crippen LogP contribution in [0.1, 0.15) is 48.3 Å². The zero-order valence-corrected chi connectivity index (χ0v) is 21.6. The first kappa shape index (κ1) is 26.8. The van der Waals surface area contributed by atoms with Crippen LogP contribution in [0.4, 0.5) is 10.5 Å². The molecule has 2 N–H and O–H groups in total. The Bertz CT molecular complexity index is 1060. The number of hydrogen-bond acceptors (Lipinski definition) is 8. The maximum Gasteiger partial charge on any atom is 0.411 e. The van der Waals surface area contributed by atoms with E-state index < -0.39 is 18.2 Å². The minimum absolute atomic E-state index is 0.00552. The Balaban J connectivity index is 1.27. The third kappa shape index (κ3) is 6.61. The lowest BCUT2D eigenvalue weighted by Gasteiger charge is -2.41. The van der Waals surface area contributed by atoms with Crippen molar-refractivity contribution < 1.29 is 33.6 Å². The Morgan fingerprint density at radius 2 is 1.74 bits per heavy atom. The van der Waals surface area contributed by atoms with Crippen LogP contribution in [0.25, 0.3) is 0 Å². The number of carbonyl (C=O) groups is 1. The summed E-state index contributed by atoms with van der Waals surface area (Å²) in [6, 6.07) is 15.3. The molecule has 9 heteroatoms. The average molecular weight is 525 g/mol. The normalized spacial score (nSPS) is 25.2. The predicted molar refractivity (Wildman–Crippen MR) is 140 cm³/mol. The number of hydrogen-bond donors (Lipinski definition) is 2. The number of amides is 1. The second kappa shape index (κ2) is 12.4. The molecular weight excluding hydrogens is 488 g/mol. The molecule has 1 spiro atoms. The number of nitrogens with one attached hydrogen (secondary N) is 1. The monoisotopic (exact) mass is 524 g/mol. The third-order valence-electron chi connectivity index (χ3n) is 7.27. The number of benzene rings is 2. The lowest BCUT2D eigenvalue weighted by Crippen LogP contribution is -2.48. The maximum atomic E-state index is 11.9. The van der Waals surface area contributed by atoms with E-state index in [1.165, 1.54) is 6.08 Å². The highest BCUT2D eigenvalue weighted by atomic mass is 16.7. The molecule has 3 saturated heterocycles. The van der Waals surface area contributed by atoms with Crippen molar-refractivity contribution in [3.63, 3.8) is 0 Å². The Morgan fingerprint density at radius 3 is 2.39 bits per heavy atom. The first-order valence-corrected chi connectivity index (χ1v) is 13.2. The Kier molecular flexibility index (Phi) is 8.73. The van der Waals surface area contributed by atoms with Crippen LogP contribution in [-0.4, -0.2) is 67.4 Å². The van der Waals surface area contributed by atoms with E-state index in [1.807, 2.05) is 36.4 Å². The van der Waals surface area contributed by atoms with E-state index in [-0.39, 0.29) is 25.4 Å². The molecule has 9 nitrogen and oxygen atoms in total. The van der Waals surface area contributed by atoms with E-state index >= 15 is 0 Å². The fourth-order valence-corrected chi connectivity index (χ4v) is 5.20. The van der Waals surface area contributed by atoms with Crippen LogP contribution >= 0.6 is 0 Å². The number of ether oxygens (including phenoxy) is 5. The zero-order chi connectivity index (χ0) is 26.4. The van der Waals surface area contributed by atoms with E-state index in [0.29, 0.717) is 18.9 Å². The van der Waals surface area contributed by atoms with Gasteiger partial charge < -0.3 is 33.7 Å². The number of piperidine rings is 1. The van der Waals surface area contributed by atoms with Crippen molar-refractivity contribution in [1.29, 1.82) is 0 Å². The van der Waals surface area contributed by atoms with Crippen molar-refractivity contribution in [2.75, 3.05) is 44.8 Å². The van der Waals surface area contributed by atoms with Crippen molar-refractivity contribution in [3.05, 3.63) is 77.9 Å². The number of anilines is 1. The van der Waals surface area contributed by atoms with Crippen molar-refractivity contribution in [2.45, 2.75) is 50.2 Å². The molecule has 3 aliphatic heterocycles. The van der Waals surface area contributed by atoms with Crippen LogP contribution < -0.4 is 5.32 Å². The lowest BCUT2D eigenvalue weighted by molar-refractivity contribution is -0.255. The van der Waals surface area contributed by atoms with Gasteiger partial charge in [0.1, 0.15) is 6.61 Å². The summed E-state index contributed by atoms with van der Waals surface area (Å²) in [5.41, 5.74) is 3.39. The summed E-state index contributed by atoms with van der Waals surface area (Å²) in [6.07, 6.45) is 2.66. The largest absolute Gasteiger partial charge is 0.445 e. The van der Waals surface area contributed by atoms with Crippen molar-refractivity contribution in [3.8, 4) is 0 Å². The molecule has 204 valence electrons. The highest BCUT2D eigenvalue weighted by Gasteiger charge is 2.41. The Labute approximate surface area is 223 Å². The minimum atomic E-state index is -0.560. The standard InChI is InChI=1S/C29H36N2O7/c1-2-15-34-28(33)30-24-9-7-23(8-10-24)27-37-25(18-26(38-27)22-5-3-21(20-32)4-6-22)19-31-13-11-29(12-14-31)35-16-17-36-29/h2-10,25-27,32H,1,11-20H2,(H,30,33)/t25-,26+,27+/m1/s1. The molecule has 3 heterocycles. The summed E-state index contributed by atoms with van der Waals surface area (Å²) >= 11 is 0. The lowest BCUT2D eigenvalue weighted by atomic mass is 9.98. The summed E-state index contributed by atoms with van der Waals surface area (Å²) in [4.78, 5) is 14.3. The first-order chi connectivity index (χ1) is 18.6. The molecule has 3 fully saturated rings. The van der Waals surface area contributed by atoms with Crippen LogP contribution in [-0.2, 0) is 30.3 Å². The number of aliphatic hydroxyl groups excluding tert-OH is 1. The number of carbonyl (C=O) groups excluding carboxylic acids is 1. The van der Waals surface area contributed by atoms with Crippen LogP contribution in [0, 0.1) is 0 Å². The van der Waals surface area contributed by atoms with Gasteiger partial charge in [-0.2, -0.15) is 0 Å². The molecule has 0 aliphatic carbocycles. The summed E-state index contributed by atoms with van der Waals surface area (Å²) < 4.78 is 29.7. The van der Waals surface area contributed by atoms with Crippen molar-refractivity contribution in [1.82, 2.24) is 4.90 Å². The number of likely N-dealkylation sites (tertiary alicyclic amines) is 1. The summed E-state index contributed by atoms with van der Waals surface area (Å²) in [7, 11) is 0. The van der Waals surface area contributed by atoms with Gasteiger partial charge in [-0.1, -0.05) is 49.1 Å². The average Bonchev–Trinajstić information content (AvgIpc) is 3.41. The molecule has 2 aromatic rings. The van der Waals surface area contributed by atoms with Crippen LogP contribution in [0.2, 0.25) is 0 Å². The van der Waals surface area contributed by atoms with Gasteiger partial charge >= 0.3 is 6.09 Å². The van der Waals surface area contributed by atoms with Gasteiger partial charge in [0, 0.05) is 50.1 Å². The van der Waals surface area contributed by atoms with Gasteiger partial charge in [0.05, 0.1) is 32.0 Å². The van der Waals surface area contributed by atoms with Crippen LogP contribution in [0.15, 0.2) is 61.2 Å². The van der Waals surface area contributed by atoms with Gasteiger partial charge in [-0.25, -0.2) is 4.79 Å². The number of rotatable bonds is 8. The molecule has 0 saturated carbocycles. The van der Waals surface area contributed by atoms with Gasteiger partial charge in [0.2, 0.25) is 0 Å². The van der Waals surface area contributed by atoms with E-state index in [1.54, 1.807) is 12.1 Å². The zero-order valence-electron chi connectivity index (χ0n) is 21.6. The van der Waals surface area contributed by atoms with E-state index in [9.17, 15) is 9.90 Å². The summed E-state index contributed by atoms with van der Waals surface area (Å²) in [5.74, 6) is -0.402. The van der Waals surface area contributed by atoms with Gasteiger partial charge in [-0.15, -0.1) is 0 Å². The molecule has 0 unspecified atom stereocenters. The Morgan fingerprint density at radius 1 is 1.05 bits per heavy atom. The maximum absolute atomic E-state index is 11.9. The van der Waals surface area contributed by atoms with E-state index in [4.69, 9.17) is 23.7 Å². The quantitative estimate of drug-likeness (QED) is 0.494. The number of nitrogens with zero attached hydrogens (tertiary/aromatic N) is 1. The second-order valence-electron chi connectivity index (χ2n) is 9.89. The molecule has 0 bridgehead atoms. The van der Waals surface area contributed by atoms with Crippen LogP contribution in [0.5, 0.6) is 0 Å². The molecular formula is C29H36N2O7. The highest BCUT2D eigenvalue weighted by Crippen LogP contribution is 2.39. The van der Waals surface area contributed by atoms with Gasteiger partial charge in [-0.3, -0.25) is 5.32 Å². The molecule has 1 amide bonds. The predicted octanol–water partition coefficient (Wildman–Crippen LogP) is 4.30. The van der Waals surface area contributed by atoms with Crippen LogP contribution in [0.3, 0.4) is 0 Å². The fraction of sp³-hybridized carbons (Fsp3) is 0.483. The smallest absolute Gasteiger partial charge is 0.411 e. The van der Waals surface area contributed by atoms with E-state index in [2.05, 4.69) is 16.8 Å². The molecule has 0 radical (unpaired) electrons. The van der Waals surface area contributed by atoms with Crippen molar-refractivity contribution in [2.24, 2.45) is 0 Å². The highest BCUT2D eigenvalue weighted by molar-refractivity contribution is 5.84. The molecule has 38 heavy (non-hydrogen) atoms. The molecule has 5 rings (SSSR count). The first-order valence-electron chi connectivity index (χ1n) is 13.2. The molecule has 2 aromatic carbocycles. The number of aliphatic hydroxyl groups is 1. The van der Waals surface area contributed by atoms with Gasteiger partial charge in [0.25, 0.3) is 0 Å². The molecule has 3 aliphatic rings. The second-order valence-corrected chi connectivity index (χ2v) is 9.89. The molecule has 0 aromatic heterocycles. The Hall–Kier alpha value is -2.79. The fourth-order valence-electron chi connectivity index (χ4n) is 5.20. The SMILES string of the molecule is C=CCOC(=O)Nc1ccc([C@H]2O[C@@H](CN3CCC4(CC3)OCCO4)C[C@@H](c3ccc(CO)cc3)O2)cc1. The van der Waals surface area contributed by atoms with Gasteiger partial charge in [-0.05, 0) is 23.3 Å². The molecule has 3 atom stereocenters. The summed E-state index contributed by atoms with van der Waals surface area (Å²) in [6.45, 7) is 7.61. The topological polar surface area (TPSA) is 98.7 Å². The van der Waals surface area contributed by atoms with Gasteiger partial charge in [0.15, 0.2) is 12.1 Å². The summed E-state index contributed by atoms with van der Waals surface area (Å²) in [5, 5.41) is 12.1. The van der Waals surface area contributed by atoms with E-state index in [0.717, 1.165) is 55.6 Å². The minimum Gasteiger partial charge on any atom is -0.445 e. The van der Waals surface area contributed by atoms with Crippen molar-refractivity contribution >= 4 is 11.8 Å². The third-order valence-corrected chi connectivity index (χ3v) is 7.27.